The number of benzene rings is 8. The lowest BCUT2D eigenvalue weighted by atomic mass is 9.91. The molecule has 288 valence electrons. The van der Waals surface area contributed by atoms with Gasteiger partial charge in [-0.3, -0.25) is 0 Å². The summed E-state index contributed by atoms with van der Waals surface area (Å²) in [5.74, 6) is 0. The van der Waals surface area contributed by atoms with Gasteiger partial charge in [0.15, 0.2) is 0 Å². The van der Waals surface area contributed by atoms with Crippen LogP contribution in [-0.2, 0) is 12.8 Å². The Morgan fingerprint density at radius 3 is 1.28 bits per heavy atom. The summed E-state index contributed by atoms with van der Waals surface area (Å²) in [6.07, 6.45) is 4.40. The number of para-hydroxylation sites is 2. The summed E-state index contributed by atoms with van der Waals surface area (Å²) in [5.41, 5.74) is 18.5. The summed E-state index contributed by atoms with van der Waals surface area (Å²) >= 11 is 1.89. The Morgan fingerprint density at radius 1 is 0.417 bits per heavy atom. The molecular formula is C58H45NS. The Morgan fingerprint density at radius 2 is 0.833 bits per heavy atom. The van der Waals surface area contributed by atoms with Gasteiger partial charge in [-0.05, 0) is 98.8 Å². The van der Waals surface area contributed by atoms with Crippen molar-refractivity contribution < 1.29 is 0 Å². The second-order valence-electron chi connectivity index (χ2n) is 15.4. The van der Waals surface area contributed by atoms with Crippen LogP contribution < -0.4 is 0 Å². The summed E-state index contributed by atoms with van der Waals surface area (Å²) in [4.78, 5) is 2.53. The SMILES string of the molecule is CCc1ccc(C(=Cc2ccc(-c3sc(-c4ccc(-n5c6ccccc6c6ccccc65)cc4)c(-c4ccccc4)c3-c3ccccc3)cc2)c2ccc(CC)cc2)cc1. The van der Waals surface area contributed by atoms with Crippen LogP contribution in [0.3, 0.4) is 0 Å². The maximum atomic E-state index is 2.39. The van der Waals surface area contributed by atoms with E-state index in [0.717, 1.165) is 18.5 Å². The summed E-state index contributed by atoms with van der Waals surface area (Å²) < 4.78 is 2.39. The Bertz CT molecular complexity index is 2990. The van der Waals surface area contributed by atoms with E-state index in [1.165, 1.54) is 98.3 Å². The van der Waals surface area contributed by atoms with Crippen molar-refractivity contribution in [3.8, 4) is 48.8 Å². The maximum absolute atomic E-state index is 2.39. The summed E-state index contributed by atoms with van der Waals surface area (Å²) in [5, 5.41) is 2.54. The first-order valence-electron chi connectivity index (χ1n) is 21.0. The van der Waals surface area contributed by atoms with E-state index in [2.05, 4.69) is 231 Å². The van der Waals surface area contributed by atoms with E-state index in [-0.39, 0.29) is 0 Å². The van der Waals surface area contributed by atoms with Gasteiger partial charge in [-0.25, -0.2) is 0 Å². The number of aromatic nitrogens is 1. The normalized spacial score (nSPS) is 11.3. The van der Waals surface area contributed by atoms with Crippen molar-refractivity contribution in [2.75, 3.05) is 0 Å². The van der Waals surface area contributed by atoms with Crippen LogP contribution in [0.1, 0.15) is 41.7 Å². The Hall–Kier alpha value is -7.00. The highest BCUT2D eigenvalue weighted by molar-refractivity contribution is 7.20. The van der Waals surface area contributed by atoms with Crippen molar-refractivity contribution in [1.82, 2.24) is 4.57 Å². The van der Waals surface area contributed by atoms with Crippen LogP contribution >= 0.6 is 11.3 Å². The van der Waals surface area contributed by atoms with E-state index in [1.807, 2.05) is 11.3 Å². The minimum Gasteiger partial charge on any atom is -0.309 e. The lowest BCUT2D eigenvalue weighted by Gasteiger charge is -2.12. The summed E-state index contributed by atoms with van der Waals surface area (Å²) in [6.45, 7) is 4.42. The summed E-state index contributed by atoms with van der Waals surface area (Å²) in [7, 11) is 0. The fraction of sp³-hybridized carbons (Fsp3) is 0.0690. The molecular weight excluding hydrogens is 743 g/mol. The van der Waals surface area contributed by atoms with Crippen LogP contribution in [0.25, 0.3) is 82.3 Å². The van der Waals surface area contributed by atoms with Gasteiger partial charge >= 0.3 is 0 Å². The summed E-state index contributed by atoms with van der Waals surface area (Å²) in [6, 6.07) is 75.8. The van der Waals surface area contributed by atoms with Crippen LogP contribution in [0, 0.1) is 0 Å². The first kappa shape index (κ1) is 37.3. The van der Waals surface area contributed by atoms with Gasteiger partial charge < -0.3 is 4.57 Å². The predicted molar refractivity (Wildman–Crippen MR) is 259 cm³/mol. The molecule has 0 aliphatic carbocycles. The van der Waals surface area contributed by atoms with Gasteiger partial charge in [-0.1, -0.05) is 196 Å². The zero-order chi connectivity index (χ0) is 40.4. The van der Waals surface area contributed by atoms with E-state index in [4.69, 9.17) is 0 Å². The quantitative estimate of drug-likeness (QED) is 0.122. The molecule has 0 amide bonds. The molecule has 0 saturated carbocycles. The molecule has 0 aliphatic heterocycles. The van der Waals surface area contributed by atoms with Gasteiger partial charge in [-0.15, -0.1) is 11.3 Å². The molecule has 60 heavy (non-hydrogen) atoms. The lowest BCUT2D eigenvalue weighted by molar-refractivity contribution is 1.14. The molecule has 8 aromatic carbocycles. The molecule has 0 unspecified atom stereocenters. The van der Waals surface area contributed by atoms with E-state index in [1.54, 1.807) is 0 Å². The molecule has 0 radical (unpaired) electrons. The molecule has 10 aromatic rings. The number of hydrogen-bond acceptors (Lipinski definition) is 1. The number of aryl methyl sites for hydroxylation is 2. The highest BCUT2D eigenvalue weighted by atomic mass is 32.1. The van der Waals surface area contributed by atoms with Crippen molar-refractivity contribution in [3.63, 3.8) is 0 Å². The Labute approximate surface area is 357 Å². The molecule has 2 heteroatoms. The van der Waals surface area contributed by atoms with E-state index in [9.17, 15) is 0 Å². The van der Waals surface area contributed by atoms with Crippen LogP contribution in [0.4, 0.5) is 0 Å². The van der Waals surface area contributed by atoms with Gasteiger partial charge in [0.1, 0.15) is 0 Å². The Balaban J connectivity index is 1.10. The third kappa shape index (κ3) is 7.00. The standard InChI is InChI=1S/C58H45NS/c1-3-40-23-29-43(30-24-40)52(44-31-25-41(4-2)26-32-44)39-42-27-33-47(34-28-42)57-55(45-15-7-5-8-16-45)56(46-17-9-6-10-18-46)58(60-57)48-35-37-49(38-36-48)59-53-21-13-11-19-50(53)51-20-12-14-22-54(51)59/h5-39H,3-4H2,1-2H3. The molecule has 2 heterocycles. The van der Waals surface area contributed by atoms with Gasteiger partial charge in [-0.2, -0.15) is 0 Å². The van der Waals surface area contributed by atoms with Crippen molar-refractivity contribution in [2.45, 2.75) is 26.7 Å². The molecule has 0 saturated heterocycles. The second kappa shape index (κ2) is 16.3. The van der Waals surface area contributed by atoms with Crippen LogP contribution in [0.2, 0.25) is 0 Å². The van der Waals surface area contributed by atoms with Gasteiger partial charge in [0, 0.05) is 37.3 Å². The number of thiophene rings is 1. The molecule has 10 rings (SSSR count). The highest BCUT2D eigenvalue weighted by Gasteiger charge is 2.23. The lowest BCUT2D eigenvalue weighted by Crippen LogP contribution is -1.93. The Kier molecular flexibility index (Phi) is 10.1. The van der Waals surface area contributed by atoms with Gasteiger partial charge in [0.05, 0.1) is 11.0 Å². The zero-order valence-corrected chi connectivity index (χ0v) is 34.8. The molecule has 0 bridgehead atoms. The van der Waals surface area contributed by atoms with Crippen molar-refractivity contribution in [2.24, 2.45) is 0 Å². The average Bonchev–Trinajstić information content (AvgIpc) is 3.89. The first-order chi connectivity index (χ1) is 29.7. The first-order valence-corrected chi connectivity index (χ1v) is 21.9. The fourth-order valence-electron chi connectivity index (χ4n) is 8.63. The van der Waals surface area contributed by atoms with Crippen molar-refractivity contribution in [3.05, 3.63) is 234 Å². The number of nitrogens with zero attached hydrogens (tertiary/aromatic N) is 1. The van der Waals surface area contributed by atoms with E-state index >= 15 is 0 Å². The number of fused-ring (bicyclic) bond motifs is 3. The molecule has 0 spiro atoms. The third-order valence-electron chi connectivity index (χ3n) is 11.8. The molecule has 1 nitrogen and oxygen atoms in total. The van der Waals surface area contributed by atoms with E-state index < -0.39 is 0 Å². The average molecular weight is 788 g/mol. The molecule has 0 fully saturated rings. The molecule has 2 aromatic heterocycles. The number of hydrogen-bond donors (Lipinski definition) is 0. The second-order valence-corrected chi connectivity index (χ2v) is 16.5. The smallest absolute Gasteiger partial charge is 0.0541 e. The van der Waals surface area contributed by atoms with Gasteiger partial charge in [0.25, 0.3) is 0 Å². The predicted octanol–water partition coefficient (Wildman–Crippen LogP) is 16.2. The van der Waals surface area contributed by atoms with E-state index in [0.29, 0.717) is 0 Å². The molecule has 0 atom stereocenters. The topological polar surface area (TPSA) is 4.93 Å². The molecule has 0 N–H and O–H groups in total. The monoisotopic (exact) mass is 787 g/mol. The van der Waals surface area contributed by atoms with Crippen LogP contribution in [0.5, 0.6) is 0 Å². The highest BCUT2D eigenvalue weighted by Crippen LogP contribution is 2.52. The zero-order valence-electron chi connectivity index (χ0n) is 34.0. The fourth-order valence-corrected chi connectivity index (χ4v) is 9.99. The number of rotatable bonds is 10. The molecule has 0 aliphatic rings. The third-order valence-corrected chi connectivity index (χ3v) is 13.1. The largest absolute Gasteiger partial charge is 0.309 e. The minimum atomic E-state index is 1.03. The van der Waals surface area contributed by atoms with Crippen molar-refractivity contribution >= 4 is 44.8 Å². The maximum Gasteiger partial charge on any atom is 0.0541 e. The minimum absolute atomic E-state index is 1.03. The van der Waals surface area contributed by atoms with Crippen LogP contribution in [-0.4, -0.2) is 4.57 Å². The van der Waals surface area contributed by atoms with Crippen molar-refractivity contribution in [1.29, 1.82) is 0 Å². The van der Waals surface area contributed by atoms with Crippen LogP contribution in [0.15, 0.2) is 206 Å². The van der Waals surface area contributed by atoms with Gasteiger partial charge in [0.2, 0.25) is 0 Å².